The van der Waals surface area contributed by atoms with E-state index in [0.29, 0.717) is 0 Å². The quantitative estimate of drug-likeness (QED) is 0.864. The van der Waals surface area contributed by atoms with Crippen LogP contribution in [0.4, 0.5) is 0 Å². The monoisotopic (exact) mass is 345 g/mol. The number of halogens is 1. The van der Waals surface area contributed by atoms with E-state index in [-0.39, 0.29) is 18.1 Å². The third-order valence-electron chi connectivity index (χ3n) is 4.50. The number of benzene rings is 1. The number of carbonyl (C=O) groups is 1. The highest BCUT2D eigenvalue weighted by Crippen LogP contribution is 2.36. The molecule has 1 aromatic carbocycles. The summed E-state index contributed by atoms with van der Waals surface area (Å²) in [5.41, 5.74) is 2.05. The highest BCUT2D eigenvalue weighted by atomic mass is 79.9. The van der Waals surface area contributed by atoms with Crippen molar-refractivity contribution >= 4 is 32.7 Å². The number of aromatic nitrogens is 1. The number of piperidine rings is 1. The highest BCUT2D eigenvalue weighted by molar-refractivity contribution is 9.10. The maximum Gasteiger partial charge on any atom is 0.238 e. The van der Waals surface area contributed by atoms with Gasteiger partial charge in [-0.1, -0.05) is 34.5 Å². The molecule has 21 heavy (non-hydrogen) atoms. The lowest BCUT2D eigenvalue weighted by atomic mass is 10.0. The second-order valence-corrected chi connectivity index (χ2v) is 6.55. The first-order valence-electron chi connectivity index (χ1n) is 7.35. The molecule has 0 saturated carbocycles. The Hall–Kier alpha value is -1.46. The van der Waals surface area contributed by atoms with Gasteiger partial charge in [0.05, 0.1) is 11.6 Å². The first-order chi connectivity index (χ1) is 10.3. The summed E-state index contributed by atoms with van der Waals surface area (Å²) in [5, 5.41) is 4.24. The van der Waals surface area contributed by atoms with Gasteiger partial charge < -0.3 is 5.32 Å². The van der Waals surface area contributed by atoms with Crippen molar-refractivity contribution in [2.24, 2.45) is 0 Å². The molecule has 5 heteroatoms. The molecule has 108 valence electrons. The minimum Gasteiger partial charge on any atom is -0.335 e. The third kappa shape index (κ3) is 2.07. The largest absolute Gasteiger partial charge is 0.335 e. The van der Waals surface area contributed by atoms with Crippen LogP contribution in [-0.2, 0) is 4.79 Å². The van der Waals surface area contributed by atoms with Crippen LogP contribution in [-0.4, -0.2) is 28.4 Å². The van der Waals surface area contributed by atoms with E-state index >= 15 is 0 Å². The van der Waals surface area contributed by atoms with Crippen molar-refractivity contribution in [3.05, 3.63) is 40.5 Å². The number of fused-ring (bicyclic) bond motifs is 2. The second kappa shape index (κ2) is 5.07. The third-order valence-corrected chi connectivity index (χ3v) is 5.19. The standard InChI is InChI=1S/C16H16BrN3O/c17-12-7-6-11(14-10(12)4-3-8-18-14)15-19-16(21)13-5-1-2-9-20(13)15/h3-4,6-8,13,15H,1-2,5,9H2,(H,19,21)/t13-,15+/m1/s1. The van der Waals surface area contributed by atoms with Gasteiger partial charge in [0, 0.05) is 28.2 Å². The fraction of sp³-hybridized carbons (Fsp3) is 0.375. The summed E-state index contributed by atoms with van der Waals surface area (Å²) in [6, 6.07) is 8.14. The Morgan fingerprint density at radius 2 is 2.19 bits per heavy atom. The van der Waals surface area contributed by atoms with Crippen LogP contribution in [0.2, 0.25) is 0 Å². The molecule has 2 fully saturated rings. The molecule has 1 amide bonds. The molecule has 0 bridgehead atoms. The summed E-state index contributed by atoms with van der Waals surface area (Å²) in [5.74, 6) is 0.159. The van der Waals surface area contributed by atoms with Crippen LogP contribution >= 0.6 is 15.9 Å². The molecule has 0 spiro atoms. The number of nitrogens with one attached hydrogen (secondary N) is 1. The van der Waals surface area contributed by atoms with E-state index in [1.807, 2.05) is 18.3 Å². The van der Waals surface area contributed by atoms with Crippen molar-refractivity contribution < 1.29 is 4.79 Å². The molecular formula is C16H16BrN3O. The number of hydrogen-bond acceptors (Lipinski definition) is 3. The van der Waals surface area contributed by atoms with Crippen LogP contribution in [0.5, 0.6) is 0 Å². The summed E-state index contributed by atoms with van der Waals surface area (Å²) in [6.45, 7) is 0.971. The van der Waals surface area contributed by atoms with Crippen molar-refractivity contribution in [2.75, 3.05) is 6.54 Å². The predicted octanol–water partition coefficient (Wildman–Crippen LogP) is 2.98. The number of rotatable bonds is 1. The van der Waals surface area contributed by atoms with Gasteiger partial charge in [-0.25, -0.2) is 0 Å². The number of nitrogens with zero attached hydrogens (tertiary/aromatic N) is 2. The lowest BCUT2D eigenvalue weighted by Gasteiger charge is -2.31. The Morgan fingerprint density at radius 3 is 3.10 bits per heavy atom. The first kappa shape index (κ1) is 13.2. The van der Waals surface area contributed by atoms with E-state index in [1.54, 1.807) is 0 Å². The first-order valence-corrected chi connectivity index (χ1v) is 8.14. The summed E-state index contributed by atoms with van der Waals surface area (Å²) < 4.78 is 1.04. The van der Waals surface area contributed by atoms with Gasteiger partial charge in [0.1, 0.15) is 6.17 Å². The van der Waals surface area contributed by atoms with Gasteiger partial charge in [-0.3, -0.25) is 14.7 Å². The number of amides is 1. The van der Waals surface area contributed by atoms with Gasteiger partial charge in [-0.05, 0) is 25.0 Å². The molecule has 2 atom stereocenters. The van der Waals surface area contributed by atoms with Crippen molar-refractivity contribution in [2.45, 2.75) is 31.5 Å². The zero-order valence-corrected chi connectivity index (χ0v) is 13.1. The molecule has 4 rings (SSSR count). The average molecular weight is 346 g/mol. The maximum atomic E-state index is 12.2. The Labute approximate surface area is 131 Å². The summed E-state index contributed by atoms with van der Waals surface area (Å²) >= 11 is 3.58. The van der Waals surface area contributed by atoms with Crippen LogP contribution in [0.15, 0.2) is 34.9 Å². The minimum absolute atomic E-state index is 0.0335. The fourth-order valence-corrected chi connectivity index (χ4v) is 3.95. The van der Waals surface area contributed by atoms with E-state index in [2.05, 4.69) is 43.3 Å². The Morgan fingerprint density at radius 1 is 1.29 bits per heavy atom. The van der Waals surface area contributed by atoms with E-state index in [0.717, 1.165) is 46.7 Å². The normalized spacial score (nSPS) is 25.9. The number of hydrogen-bond donors (Lipinski definition) is 1. The smallest absolute Gasteiger partial charge is 0.238 e. The molecule has 0 aliphatic carbocycles. The molecule has 2 aliphatic rings. The fourth-order valence-electron chi connectivity index (χ4n) is 3.50. The second-order valence-electron chi connectivity index (χ2n) is 5.70. The Kier molecular flexibility index (Phi) is 3.19. The van der Waals surface area contributed by atoms with Crippen molar-refractivity contribution in [1.29, 1.82) is 0 Å². The molecule has 4 nitrogen and oxygen atoms in total. The average Bonchev–Trinajstić information content (AvgIpc) is 2.86. The topological polar surface area (TPSA) is 45.2 Å². The Bertz CT molecular complexity index is 718. The molecule has 0 radical (unpaired) electrons. The lowest BCUT2D eigenvalue weighted by Crippen LogP contribution is -2.38. The van der Waals surface area contributed by atoms with Gasteiger partial charge in [-0.15, -0.1) is 0 Å². The minimum atomic E-state index is -0.0479. The SMILES string of the molecule is O=C1N[C@H](c2ccc(Br)c3cccnc23)N2CCCC[C@H]12. The van der Waals surface area contributed by atoms with Gasteiger partial charge in [0.2, 0.25) is 5.91 Å². The predicted molar refractivity (Wildman–Crippen MR) is 84.7 cm³/mol. The van der Waals surface area contributed by atoms with E-state index in [9.17, 15) is 4.79 Å². The zero-order valence-electron chi connectivity index (χ0n) is 11.6. The van der Waals surface area contributed by atoms with E-state index in [4.69, 9.17) is 0 Å². The van der Waals surface area contributed by atoms with Crippen LogP contribution in [0.3, 0.4) is 0 Å². The van der Waals surface area contributed by atoms with Crippen LogP contribution < -0.4 is 5.32 Å². The molecule has 1 N–H and O–H groups in total. The highest BCUT2D eigenvalue weighted by Gasteiger charge is 2.42. The number of carbonyl (C=O) groups excluding carboxylic acids is 1. The molecule has 3 heterocycles. The summed E-state index contributed by atoms with van der Waals surface area (Å²) in [6.07, 6.45) is 5.02. The molecule has 0 unspecified atom stereocenters. The zero-order chi connectivity index (χ0) is 14.4. The lowest BCUT2D eigenvalue weighted by molar-refractivity contribution is -0.122. The summed E-state index contributed by atoms with van der Waals surface area (Å²) in [7, 11) is 0. The van der Waals surface area contributed by atoms with Crippen molar-refractivity contribution in [1.82, 2.24) is 15.2 Å². The van der Waals surface area contributed by atoms with Crippen LogP contribution in [0.25, 0.3) is 10.9 Å². The van der Waals surface area contributed by atoms with Crippen LogP contribution in [0.1, 0.15) is 31.0 Å². The van der Waals surface area contributed by atoms with Gasteiger partial charge in [-0.2, -0.15) is 0 Å². The molecule has 1 aromatic heterocycles. The van der Waals surface area contributed by atoms with Gasteiger partial charge >= 0.3 is 0 Å². The van der Waals surface area contributed by atoms with Gasteiger partial charge in [0.25, 0.3) is 0 Å². The van der Waals surface area contributed by atoms with Crippen molar-refractivity contribution in [3.8, 4) is 0 Å². The molecule has 2 aromatic rings. The summed E-state index contributed by atoms with van der Waals surface area (Å²) in [4.78, 5) is 19.0. The molecule has 2 saturated heterocycles. The molecular weight excluding hydrogens is 330 g/mol. The van der Waals surface area contributed by atoms with Crippen molar-refractivity contribution in [3.63, 3.8) is 0 Å². The van der Waals surface area contributed by atoms with Gasteiger partial charge in [0.15, 0.2) is 0 Å². The van der Waals surface area contributed by atoms with E-state index < -0.39 is 0 Å². The maximum absolute atomic E-state index is 12.2. The molecule has 2 aliphatic heterocycles. The Balaban J connectivity index is 1.83. The van der Waals surface area contributed by atoms with Crippen LogP contribution in [0, 0.1) is 0 Å². The number of pyridine rings is 1. The van der Waals surface area contributed by atoms with E-state index in [1.165, 1.54) is 0 Å².